The van der Waals surface area contributed by atoms with Gasteiger partial charge >= 0.3 is 5.97 Å². The molecule has 1 aliphatic heterocycles. The molecule has 0 unspecified atom stereocenters. The molecule has 0 saturated carbocycles. The number of hydrogen-bond acceptors (Lipinski definition) is 7. The number of ketones is 1. The predicted molar refractivity (Wildman–Crippen MR) is 114 cm³/mol. The van der Waals surface area contributed by atoms with Gasteiger partial charge in [0.2, 0.25) is 9.84 Å². The van der Waals surface area contributed by atoms with E-state index in [1.54, 1.807) is 30.3 Å². The molecule has 162 valence electrons. The van der Waals surface area contributed by atoms with Gasteiger partial charge in [0.1, 0.15) is 5.75 Å². The number of ether oxygens (including phenoxy) is 2. The Morgan fingerprint density at radius 1 is 0.906 bits per heavy atom. The predicted octanol–water partition coefficient (Wildman–Crippen LogP) is 2.87. The van der Waals surface area contributed by atoms with Crippen LogP contribution in [-0.2, 0) is 19.4 Å². The molecule has 3 aromatic carbocycles. The number of nitrogens with one attached hydrogen (secondary N) is 1. The van der Waals surface area contributed by atoms with E-state index in [1.807, 2.05) is 0 Å². The first-order chi connectivity index (χ1) is 15.3. The maximum atomic E-state index is 13.0. The molecule has 0 aromatic heterocycles. The Hall–Kier alpha value is -3.98. The molecule has 9 heteroatoms. The van der Waals surface area contributed by atoms with Gasteiger partial charge in [-0.15, -0.1) is 0 Å². The smallest absolute Gasteiger partial charge is 0.338 e. The van der Waals surface area contributed by atoms with Crippen molar-refractivity contribution in [2.24, 2.45) is 0 Å². The second-order valence-corrected chi connectivity index (χ2v) is 8.75. The number of benzene rings is 3. The number of hydrogen-bond donors (Lipinski definition) is 1. The lowest BCUT2D eigenvalue weighted by atomic mass is 10.0. The second kappa shape index (κ2) is 8.27. The van der Waals surface area contributed by atoms with E-state index >= 15 is 0 Å². The standard InChI is InChI=1S/C23H17NO7S/c1-30-18-8-4-3-7-17(18)24-21(25)13-31-23(27)14-10-11-16-20(12-14)32(28,29)19-9-5-2-6-15(19)22(16)26/h2-12H,13H2,1H3,(H,24,25). The number of esters is 1. The summed E-state index contributed by atoms with van der Waals surface area (Å²) >= 11 is 0. The molecule has 0 radical (unpaired) electrons. The molecule has 32 heavy (non-hydrogen) atoms. The van der Waals surface area contributed by atoms with E-state index in [1.165, 1.54) is 37.4 Å². The van der Waals surface area contributed by atoms with E-state index in [9.17, 15) is 22.8 Å². The lowest BCUT2D eigenvalue weighted by Crippen LogP contribution is -2.23. The molecule has 1 heterocycles. The lowest BCUT2D eigenvalue weighted by Gasteiger charge is -2.19. The van der Waals surface area contributed by atoms with Gasteiger partial charge in [-0.05, 0) is 42.5 Å². The normalized spacial score (nSPS) is 13.5. The fourth-order valence-electron chi connectivity index (χ4n) is 3.36. The number of amides is 1. The number of sulfone groups is 1. The Morgan fingerprint density at radius 2 is 1.59 bits per heavy atom. The van der Waals surface area contributed by atoms with E-state index in [4.69, 9.17) is 9.47 Å². The second-order valence-electron chi connectivity index (χ2n) is 6.86. The summed E-state index contributed by atoms with van der Waals surface area (Å²) in [6, 6.07) is 16.3. The van der Waals surface area contributed by atoms with E-state index in [-0.39, 0.29) is 26.5 Å². The maximum Gasteiger partial charge on any atom is 0.338 e. The van der Waals surface area contributed by atoms with E-state index in [0.717, 1.165) is 6.07 Å². The van der Waals surface area contributed by atoms with E-state index in [2.05, 4.69) is 5.32 Å². The highest BCUT2D eigenvalue weighted by atomic mass is 32.2. The summed E-state index contributed by atoms with van der Waals surface area (Å²) in [6.45, 7) is -0.595. The van der Waals surface area contributed by atoms with Gasteiger partial charge in [0.05, 0.1) is 28.2 Å². The quantitative estimate of drug-likeness (QED) is 0.464. The number of para-hydroxylation sites is 2. The van der Waals surface area contributed by atoms with Gasteiger partial charge in [0, 0.05) is 11.1 Å². The average Bonchev–Trinajstić information content (AvgIpc) is 2.81. The molecule has 1 amide bonds. The van der Waals surface area contributed by atoms with Gasteiger partial charge in [0.25, 0.3) is 5.91 Å². The summed E-state index contributed by atoms with van der Waals surface area (Å²) in [5, 5.41) is 2.57. The minimum absolute atomic E-state index is 0.0193. The minimum atomic E-state index is -3.99. The van der Waals surface area contributed by atoms with Crippen LogP contribution in [0, 0.1) is 0 Å². The Bertz CT molecular complexity index is 1360. The molecular formula is C23H17NO7S. The number of fused-ring (bicyclic) bond motifs is 2. The topological polar surface area (TPSA) is 116 Å². The van der Waals surface area contributed by atoms with Gasteiger partial charge in [-0.1, -0.05) is 24.3 Å². The molecule has 3 aromatic rings. The van der Waals surface area contributed by atoms with Crippen LogP contribution >= 0.6 is 0 Å². The van der Waals surface area contributed by atoms with Crippen molar-refractivity contribution in [3.05, 3.63) is 83.4 Å². The maximum absolute atomic E-state index is 13.0. The lowest BCUT2D eigenvalue weighted by molar-refractivity contribution is -0.119. The molecule has 0 atom stereocenters. The van der Waals surface area contributed by atoms with Crippen LogP contribution in [0.15, 0.2) is 76.5 Å². The molecule has 0 aliphatic carbocycles. The first-order valence-corrected chi connectivity index (χ1v) is 10.9. The highest BCUT2D eigenvalue weighted by molar-refractivity contribution is 7.91. The van der Waals surface area contributed by atoms with Crippen LogP contribution in [0.4, 0.5) is 5.69 Å². The largest absolute Gasteiger partial charge is 0.495 e. The first kappa shape index (κ1) is 21.3. The third-order valence-electron chi connectivity index (χ3n) is 4.89. The van der Waals surface area contributed by atoms with Crippen molar-refractivity contribution >= 4 is 33.2 Å². The Balaban J connectivity index is 1.52. The fraction of sp³-hybridized carbons (Fsp3) is 0.0870. The number of anilines is 1. The van der Waals surface area contributed by atoms with Gasteiger partial charge in [-0.2, -0.15) is 0 Å². The zero-order chi connectivity index (χ0) is 22.9. The Morgan fingerprint density at radius 3 is 2.38 bits per heavy atom. The Kier molecular flexibility index (Phi) is 5.50. The van der Waals surface area contributed by atoms with Crippen molar-refractivity contribution in [2.75, 3.05) is 19.0 Å². The van der Waals surface area contributed by atoms with Gasteiger partial charge in [-0.25, -0.2) is 13.2 Å². The molecule has 1 aliphatic rings. The van der Waals surface area contributed by atoms with Crippen molar-refractivity contribution in [1.82, 2.24) is 0 Å². The fourth-order valence-corrected chi connectivity index (χ4v) is 5.04. The Labute approximate surface area is 183 Å². The van der Waals surface area contributed by atoms with Crippen LogP contribution in [0.2, 0.25) is 0 Å². The highest BCUT2D eigenvalue weighted by Crippen LogP contribution is 2.34. The van der Waals surface area contributed by atoms with Crippen LogP contribution in [0.3, 0.4) is 0 Å². The van der Waals surface area contributed by atoms with E-state index < -0.39 is 34.1 Å². The molecular weight excluding hydrogens is 434 g/mol. The number of rotatable bonds is 5. The summed E-state index contributed by atoms with van der Waals surface area (Å²) < 4.78 is 36.1. The summed E-state index contributed by atoms with van der Waals surface area (Å²) in [7, 11) is -2.54. The van der Waals surface area contributed by atoms with Crippen molar-refractivity contribution < 1.29 is 32.3 Å². The van der Waals surface area contributed by atoms with Gasteiger partial charge < -0.3 is 14.8 Å². The summed E-state index contributed by atoms with van der Waals surface area (Å²) in [5.41, 5.74) is 0.384. The SMILES string of the molecule is COc1ccccc1NC(=O)COC(=O)c1ccc2c(c1)S(=O)(=O)c1ccccc1C2=O. The summed E-state index contributed by atoms with van der Waals surface area (Å²) in [5.74, 6) is -1.50. The monoisotopic (exact) mass is 451 g/mol. The van der Waals surface area contributed by atoms with Crippen LogP contribution in [0.5, 0.6) is 5.75 Å². The molecule has 8 nitrogen and oxygen atoms in total. The molecule has 1 N–H and O–H groups in total. The van der Waals surface area contributed by atoms with Crippen LogP contribution < -0.4 is 10.1 Å². The van der Waals surface area contributed by atoms with Crippen molar-refractivity contribution in [1.29, 1.82) is 0 Å². The van der Waals surface area contributed by atoms with Crippen molar-refractivity contribution in [3.8, 4) is 5.75 Å². The van der Waals surface area contributed by atoms with E-state index in [0.29, 0.717) is 11.4 Å². The number of carbonyl (C=O) groups is 3. The third kappa shape index (κ3) is 3.74. The van der Waals surface area contributed by atoms with Crippen molar-refractivity contribution in [3.63, 3.8) is 0 Å². The number of methoxy groups -OCH3 is 1. The first-order valence-electron chi connectivity index (χ1n) is 9.46. The summed E-state index contributed by atoms with van der Waals surface area (Å²) in [4.78, 5) is 36.9. The van der Waals surface area contributed by atoms with Crippen LogP contribution in [0.1, 0.15) is 26.3 Å². The molecule has 0 bridgehead atoms. The van der Waals surface area contributed by atoms with Gasteiger partial charge in [0.15, 0.2) is 12.4 Å². The average molecular weight is 451 g/mol. The van der Waals surface area contributed by atoms with Crippen molar-refractivity contribution in [2.45, 2.75) is 9.79 Å². The molecule has 4 rings (SSSR count). The highest BCUT2D eigenvalue weighted by Gasteiger charge is 2.35. The third-order valence-corrected chi connectivity index (χ3v) is 6.74. The van der Waals surface area contributed by atoms with Gasteiger partial charge in [-0.3, -0.25) is 9.59 Å². The van der Waals surface area contributed by atoms with Crippen LogP contribution in [0.25, 0.3) is 0 Å². The minimum Gasteiger partial charge on any atom is -0.495 e. The van der Waals surface area contributed by atoms with Crippen LogP contribution in [-0.4, -0.2) is 39.8 Å². The zero-order valence-electron chi connectivity index (χ0n) is 16.8. The number of carbonyl (C=O) groups excluding carboxylic acids is 3. The zero-order valence-corrected chi connectivity index (χ0v) is 17.6. The molecule has 0 saturated heterocycles. The molecule has 0 spiro atoms. The molecule has 0 fully saturated rings. The summed E-state index contributed by atoms with van der Waals surface area (Å²) in [6.07, 6.45) is 0.